The van der Waals surface area contributed by atoms with Crippen molar-refractivity contribution in [3.05, 3.63) is 194 Å². The van der Waals surface area contributed by atoms with E-state index >= 15 is 0 Å². The maximum atomic E-state index is 4.30. The summed E-state index contributed by atoms with van der Waals surface area (Å²) >= 11 is 0. The van der Waals surface area contributed by atoms with Crippen LogP contribution in [0, 0.1) is 0 Å². The molecule has 0 atom stereocenters. The van der Waals surface area contributed by atoms with Gasteiger partial charge in [0.2, 0.25) is 0 Å². The number of nitrogens with zero attached hydrogens (tertiary/aromatic N) is 8. The first-order valence-corrected chi connectivity index (χ1v) is 14.9. The highest BCUT2D eigenvalue weighted by molar-refractivity contribution is 6.05. The molecule has 220 valence electrons. The summed E-state index contributed by atoms with van der Waals surface area (Å²) in [4.78, 5) is 17.2. The van der Waals surface area contributed by atoms with Crippen molar-refractivity contribution in [3.8, 4) is 22.7 Å². The van der Waals surface area contributed by atoms with Gasteiger partial charge < -0.3 is 18.3 Å². The summed E-state index contributed by atoms with van der Waals surface area (Å²) in [5, 5.41) is 0. The number of rotatable bonds is 8. The molecular weight excluding hydrogens is 568 g/mol. The lowest BCUT2D eigenvalue weighted by molar-refractivity contribution is 1.05. The molecule has 4 aromatic heterocycles. The first-order valence-electron chi connectivity index (χ1n) is 14.9. The van der Waals surface area contributed by atoms with Crippen molar-refractivity contribution >= 4 is 11.1 Å². The van der Waals surface area contributed by atoms with Gasteiger partial charge in [-0.15, -0.1) is 0 Å². The van der Waals surface area contributed by atoms with E-state index in [1.165, 1.54) is 0 Å². The van der Waals surface area contributed by atoms with Crippen molar-refractivity contribution in [2.24, 2.45) is 0 Å². The van der Waals surface area contributed by atoms with Crippen LogP contribution in [0.4, 0.5) is 0 Å². The average Bonchev–Trinajstić information content (AvgIpc) is 3.96. The summed E-state index contributed by atoms with van der Waals surface area (Å²) in [6.45, 7) is 0. The third kappa shape index (κ3) is 5.24. The second-order valence-electron chi connectivity index (χ2n) is 10.8. The Kier molecular flexibility index (Phi) is 6.97. The molecular formula is C38H28N8. The second-order valence-corrected chi connectivity index (χ2v) is 10.8. The molecule has 0 N–H and O–H groups in total. The summed E-state index contributed by atoms with van der Waals surface area (Å²) in [6, 6.07) is 34.4. The molecule has 0 saturated heterocycles. The van der Waals surface area contributed by atoms with Crippen LogP contribution in [0.1, 0.15) is 22.3 Å². The Hall–Kier alpha value is -6.54. The van der Waals surface area contributed by atoms with Gasteiger partial charge in [-0.3, -0.25) is 0 Å². The Morgan fingerprint density at radius 3 is 0.826 bits per heavy atom. The molecule has 4 aromatic carbocycles. The van der Waals surface area contributed by atoms with Gasteiger partial charge in [0, 0.05) is 72.3 Å². The van der Waals surface area contributed by atoms with Crippen LogP contribution in [0.5, 0.6) is 0 Å². The highest BCUT2D eigenvalue weighted by atomic mass is 15.0. The van der Waals surface area contributed by atoms with Crippen LogP contribution in [0.25, 0.3) is 33.9 Å². The molecule has 8 heteroatoms. The monoisotopic (exact) mass is 596 g/mol. The molecule has 0 aliphatic carbocycles. The number of hydrogen-bond acceptors (Lipinski definition) is 4. The molecule has 0 radical (unpaired) electrons. The van der Waals surface area contributed by atoms with Crippen molar-refractivity contribution in [1.82, 2.24) is 38.2 Å². The molecule has 0 bridgehead atoms. The van der Waals surface area contributed by atoms with Crippen molar-refractivity contribution in [3.63, 3.8) is 0 Å². The molecule has 8 rings (SSSR count). The van der Waals surface area contributed by atoms with Gasteiger partial charge in [-0.1, -0.05) is 48.5 Å². The Morgan fingerprint density at radius 1 is 0.348 bits per heavy atom. The highest BCUT2D eigenvalue weighted by Crippen LogP contribution is 2.39. The first-order chi connectivity index (χ1) is 22.8. The largest absolute Gasteiger partial charge is 0.306 e. The van der Waals surface area contributed by atoms with E-state index in [2.05, 4.69) is 117 Å². The predicted octanol–water partition coefficient (Wildman–Crippen LogP) is 7.44. The zero-order chi connectivity index (χ0) is 30.7. The Morgan fingerprint density at radius 2 is 0.609 bits per heavy atom. The Labute approximate surface area is 265 Å². The van der Waals surface area contributed by atoms with Crippen LogP contribution in [0.15, 0.2) is 172 Å². The van der Waals surface area contributed by atoms with E-state index in [4.69, 9.17) is 0 Å². The zero-order valence-corrected chi connectivity index (χ0v) is 24.7. The fourth-order valence-corrected chi connectivity index (χ4v) is 5.85. The summed E-state index contributed by atoms with van der Waals surface area (Å²) in [5.74, 6) is 0. The van der Waals surface area contributed by atoms with Crippen LogP contribution in [-0.2, 0) is 0 Å². The van der Waals surface area contributed by atoms with Crippen LogP contribution in [-0.4, -0.2) is 38.2 Å². The summed E-state index contributed by atoms with van der Waals surface area (Å²) in [6.07, 6.45) is 22.4. The smallest absolute Gasteiger partial charge is 0.0991 e. The molecule has 0 aliphatic rings. The maximum absolute atomic E-state index is 4.30. The standard InChI is InChI=1S/C38H28N8/c1-5-29(21-33(9-1)43-17-13-39-25-43)37(30-6-2-10-34(22-30)44-18-14-40-26-44)38(31-7-3-11-35(23-31)45-19-15-41-27-45)32-8-4-12-36(24-32)46-20-16-42-28-46/h1-28H. The van der Waals surface area contributed by atoms with E-state index in [9.17, 15) is 0 Å². The highest BCUT2D eigenvalue weighted by Gasteiger charge is 2.19. The summed E-state index contributed by atoms with van der Waals surface area (Å²) in [7, 11) is 0. The number of aromatic nitrogens is 8. The third-order valence-corrected chi connectivity index (χ3v) is 8.00. The zero-order valence-electron chi connectivity index (χ0n) is 24.7. The lowest BCUT2D eigenvalue weighted by Crippen LogP contribution is -2.02. The average molecular weight is 597 g/mol. The normalized spacial score (nSPS) is 11.0. The molecule has 0 unspecified atom stereocenters. The Balaban J connectivity index is 1.45. The molecule has 8 nitrogen and oxygen atoms in total. The van der Waals surface area contributed by atoms with Gasteiger partial charge >= 0.3 is 0 Å². The van der Waals surface area contributed by atoms with Gasteiger partial charge in [0.1, 0.15) is 0 Å². The Bertz CT molecular complexity index is 1920. The molecule has 8 aromatic rings. The fraction of sp³-hybridized carbons (Fsp3) is 0. The van der Waals surface area contributed by atoms with Crippen LogP contribution < -0.4 is 0 Å². The van der Waals surface area contributed by atoms with E-state index in [1.54, 1.807) is 24.8 Å². The van der Waals surface area contributed by atoms with Crippen LogP contribution in [0.2, 0.25) is 0 Å². The molecule has 4 heterocycles. The van der Waals surface area contributed by atoms with Crippen LogP contribution >= 0.6 is 0 Å². The lowest BCUT2D eigenvalue weighted by atomic mass is 9.85. The van der Waals surface area contributed by atoms with Gasteiger partial charge in [0.25, 0.3) is 0 Å². The van der Waals surface area contributed by atoms with Gasteiger partial charge in [-0.05, 0) is 81.9 Å². The fourth-order valence-electron chi connectivity index (χ4n) is 5.85. The minimum atomic E-state index is 1.02. The van der Waals surface area contributed by atoms with Gasteiger partial charge in [-0.2, -0.15) is 0 Å². The van der Waals surface area contributed by atoms with Crippen molar-refractivity contribution in [2.45, 2.75) is 0 Å². The molecule has 0 amide bonds. The minimum absolute atomic E-state index is 1.02. The number of benzene rings is 4. The lowest BCUT2D eigenvalue weighted by Gasteiger charge is -2.20. The van der Waals surface area contributed by atoms with Crippen molar-refractivity contribution < 1.29 is 0 Å². The second kappa shape index (κ2) is 11.9. The van der Waals surface area contributed by atoms with Gasteiger partial charge in [-0.25, -0.2) is 19.9 Å². The number of imidazole rings is 4. The van der Waals surface area contributed by atoms with E-state index in [-0.39, 0.29) is 0 Å². The van der Waals surface area contributed by atoms with Gasteiger partial charge in [0.05, 0.1) is 25.3 Å². The molecule has 0 fully saturated rings. The maximum Gasteiger partial charge on any atom is 0.0991 e. The van der Waals surface area contributed by atoms with E-state index in [0.717, 1.165) is 56.1 Å². The number of hydrogen-bond donors (Lipinski definition) is 0. The summed E-state index contributed by atoms with van der Waals surface area (Å²) in [5.41, 5.74) is 10.6. The molecule has 0 saturated carbocycles. The minimum Gasteiger partial charge on any atom is -0.306 e. The SMILES string of the molecule is c1cc(C(=C(c2cccc(-n3ccnc3)c2)c2cccc(-n3ccnc3)c2)c2cccc(-n3ccnc3)c2)cc(-n2ccnc2)c1. The van der Waals surface area contributed by atoms with Crippen LogP contribution in [0.3, 0.4) is 0 Å². The van der Waals surface area contributed by atoms with Crippen molar-refractivity contribution in [2.75, 3.05) is 0 Å². The van der Waals surface area contributed by atoms with E-state index in [1.807, 2.05) is 68.4 Å². The van der Waals surface area contributed by atoms with E-state index < -0.39 is 0 Å². The quantitative estimate of drug-likeness (QED) is 0.171. The predicted molar refractivity (Wildman–Crippen MR) is 179 cm³/mol. The molecule has 0 aliphatic heterocycles. The third-order valence-electron chi connectivity index (χ3n) is 8.00. The van der Waals surface area contributed by atoms with Gasteiger partial charge in [0.15, 0.2) is 0 Å². The molecule has 46 heavy (non-hydrogen) atoms. The molecule has 0 spiro atoms. The topological polar surface area (TPSA) is 71.3 Å². The summed E-state index contributed by atoms with van der Waals surface area (Å²) < 4.78 is 8.12. The van der Waals surface area contributed by atoms with E-state index in [0.29, 0.717) is 0 Å². The van der Waals surface area contributed by atoms with Crippen molar-refractivity contribution in [1.29, 1.82) is 0 Å². The first kappa shape index (κ1) is 27.0.